The van der Waals surface area contributed by atoms with Gasteiger partial charge in [0, 0.05) is 18.0 Å². The maximum absolute atomic E-state index is 12.7. The fourth-order valence-electron chi connectivity index (χ4n) is 2.25. The molecule has 118 valence electrons. The molecule has 1 atom stereocenters. The summed E-state index contributed by atoms with van der Waals surface area (Å²) in [5.41, 5.74) is 3.92. The molecule has 1 aromatic heterocycles. The number of hydrogen-bond donors (Lipinski definition) is 0. The third kappa shape index (κ3) is 4.39. The van der Waals surface area contributed by atoms with Gasteiger partial charge in [0.2, 0.25) is 0 Å². The number of nitrogens with zero attached hydrogens (tertiary/aromatic N) is 2. The quantitative estimate of drug-likeness (QED) is 0.786. The minimum atomic E-state index is -0.429. The number of benzene rings is 1. The zero-order chi connectivity index (χ0) is 15.9. The Kier molecular flexibility index (Phi) is 6.10. The summed E-state index contributed by atoms with van der Waals surface area (Å²) in [6.07, 6.45) is -0.429. The Labute approximate surface area is 135 Å². The SMILES string of the molecule is CCOC(C)C(=O)N(Cc1ccccc1)Cc1scnc1C. The molecule has 22 heavy (non-hydrogen) atoms. The molecule has 4 nitrogen and oxygen atoms in total. The minimum Gasteiger partial charge on any atom is -0.369 e. The summed E-state index contributed by atoms with van der Waals surface area (Å²) in [4.78, 5) is 19.9. The van der Waals surface area contributed by atoms with Gasteiger partial charge >= 0.3 is 0 Å². The highest BCUT2D eigenvalue weighted by molar-refractivity contribution is 7.09. The van der Waals surface area contributed by atoms with Crippen LogP contribution in [-0.2, 0) is 22.6 Å². The van der Waals surface area contributed by atoms with Crippen molar-refractivity contribution in [3.8, 4) is 0 Å². The molecule has 0 aliphatic heterocycles. The number of amides is 1. The molecule has 1 amide bonds. The van der Waals surface area contributed by atoms with Crippen molar-refractivity contribution < 1.29 is 9.53 Å². The van der Waals surface area contributed by atoms with Crippen molar-refractivity contribution in [1.82, 2.24) is 9.88 Å². The molecule has 0 N–H and O–H groups in total. The topological polar surface area (TPSA) is 42.4 Å². The first-order valence-corrected chi connectivity index (χ1v) is 8.33. The summed E-state index contributed by atoms with van der Waals surface area (Å²) in [5, 5.41) is 0. The Hall–Kier alpha value is -1.72. The Bertz CT molecular complexity index is 598. The lowest BCUT2D eigenvalue weighted by Crippen LogP contribution is -2.38. The number of carbonyl (C=O) groups excluding carboxylic acids is 1. The standard InChI is InChI=1S/C17H22N2O2S/c1-4-21-14(3)17(20)19(10-15-8-6-5-7-9-15)11-16-13(2)18-12-22-16/h5-9,12,14H,4,10-11H2,1-3H3. The molecule has 0 saturated carbocycles. The maximum Gasteiger partial charge on any atom is 0.252 e. The number of rotatable bonds is 7. The fourth-order valence-corrected chi connectivity index (χ4v) is 3.04. The van der Waals surface area contributed by atoms with Crippen LogP contribution in [0.1, 0.15) is 30.0 Å². The zero-order valence-electron chi connectivity index (χ0n) is 13.3. The number of ether oxygens (including phenoxy) is 1. The van der Waals surface area contributed by atoms with Crippen molar-refractivity contribution in [3.05, 3.63) is 52.0 Å². The molecule has 0 radical (unpaired) electrons. The summed E-state index contributed by atoms with van der Waals surface area (Å²) < 4.78 is 5.47. The number of aromatic nitrogens is 1. The summed E-state index contributed by atoms with van der Waals surface area (Å²) >= 11 is 1.59. The summed E-state index contributed by atoms with van der Waals surface area (Å²) in [6, 6.07) is 10.0. The van der Waals surface area contributed by atoms with E-state index in [1.54, 1.807) is 11.3 Å². The van der Waals surface area contributed by atoms with Gasteiger partial charge in [-0.2, -0.15) is 0 Å². The van der Waals surface area contributed by atoms with Crippen LogP contribution in [0.3, 0.4) is 0 Å². The predicted molar refractivity (Wildman–Crippen MR) is 88.6 cm³/mol. The number of thiazole rings is 1. The lowest BCUT2D eigenvalue weighted by molar-refractivity contribution is -0.143. The third-order valence-corrected chi connectivity index (χ3v) is 4.39. The van der Waals surface area contributed by atoms with Gasteiger partial charge in [0.15, 0.2) is 0 Å². The van der Waals surface area contributed by atoms with Gasteiger partial charge in [-0.3, -0.25) is 4.79 Å². The molecule has 1 unspecified atom stereocenters. The molecule has 2 rings (SSSR count). The van der Waals surface area contributed by atoms with E-state index in [0.29, 0.717) is 19.7 Å². The van der Waals surface area contributed by atoms with Crippen molar-refractivity contribution in [1.29, 1.82) is 0 Å². The first-order chi connectivity index (χ1) is 10.6. The summed E-state index contributed by atoms with van der Waals surface area (Å²) in [6.45, 7) is 7.37. The Morgan fingerprint density at radius 3 is 2.64 bits per heavy atom. The van der Waals surface area contributed by atoms with E-state index in [2.05, 4.69) is 4.98 Å². The molecule has 0 saturated heterocycles. The lowest BCUT2D eigenvalue weighted by atomic mass is 10.2. The zero-order valence-corrected chi connectivity index (χ0v) is 14.1. The average molecular weight is 318 g/mol. The third-order valence-electron chi connectivity index (χ3n) is 3.47. The molecule has 0 bridgehead atoms. The summed E-state index contributed by atoms with van der Waals surface area (Å²) in [7, 11) is 0. The van der Waals surface area contributed by atoms with Gasteiger partial charge < -0.3 is 9.64 Å². The Morgan fingerprint density at radius 2 is 2.05 bits per heavy atom. The van der Waals surface area contributed by atoms with Crippen LogP contribution in [0, 0.1) is 6.92 Å². The molecule has 2 aromatic rings. The Morgan fingerprint density at radius 1 is 1.32 bits per heavy atom. The molecule has 0 aliphatic rings. The van der Waals surface area contributed by atoms with Gasteiger partial charge in [-0.05, 0) is 26.3 Å². The summed E-state index contributed by atoms with van der Waals surface area (Å²) in [5.74, 6) is 0.0125. The van der Waals surface area contributed by atoms with E-state index in [4.69, 9.17) is 4.74 Å². The van der Waals surface area contributed by atoms with Crippen molar-refractivity contribution >= 4 is 17.2 Å². The molecule has 0 fully saturated rings. The van der Waals surface area contributed by atoms with Crippen LogP contribution < -0.4 is 0 Å². The number of aryl methyl sites for hydroxylation is 1. The van der Waals surface area contributed by atoms with Gasteiger partial charge in [0.25, 0.3) is 5.91 Å². The first-order valence-electron chi connectivity index (χ1n) is 7.45. The van der Waals surface area contributed by atoms with Gasteiger partial charge in [-0.25, -0.2) is 4.98 Å². The smallest absolute Gasteiger partial charge is 0.252 e. The highest BCUT2D eigenvalue weighted by atomic mass is 32.1. The number of carbonyl (C=O) groups is 1. The van der Waals surface area contributed by atoms with Gasteiger partial charge in [-0.1, -0.05) is 30.3 Å². The van der Waals surface area contributed by atoms with E-state index < -0.39 is 6.10 Å². The molecule has 5 heteroatoms. The van der Waals surface area contributed by atoms with E-state index in [1.165, 1.54) is 0 Å². The van der Waals surface area contributed by atoms with Crippen LogP contribution >= 0.6 is 11.3 Å². The second kappa shape index (κ2) is 8.06. The van der Waals surface area contributed by atoms with Crippen molar-refractivity contribution in [2.45, 2.75) is 40.0 Å². The van der Waals surface area contributed by atoms with Crippen molar-refractivity contribution in [2.75, 3.05) is 6.61 Å². The van der Waals surface area contributed by atoms with Crippen LogP contribution in [-0.4, -0.2) is 28.5 Å². The monoisotopic (exact) mass is 318 g/mol. The first kappa shape index (κ1) is 16.6. The number of hydrogen-bond acceptors (Lipinski definition) is 4. The molecule has 1 aromatic carbocycles. The minimum absolute atomic E-state index is 0.0125. The van der Waals surface area contributed by atoms with Gasteiger partial charge in [0.1, 0.15) is 6.10 Å². The van der Waals surface area contributed by atoms with Crippen LogP contribution in [0.2, 0.25) is 0 Å². The van der Waals surface area contributed by atoms with Gasteiger partial charge in [-0.15, -0.1) is 11.3 Å². The van der Waals surface area contributed by atoms with E-state index >= 15 is 0 Å². The average Bonchev–Trinajstić information content (AvgIpc) is 2.92. The predicted octanol–water partition coefficient (Wildman–Crippen LogP) is 3.41. The molecule has 0 spiro atoms. The normalized spacial score (nSPS) is 12.1. The van der Waals surface area contributed by atoms with E-state index in [0.717, 1.165) is 16.1 Å². The fraction of sp³-hybridized carbons (Fsp3) is 0.412. The molecule has 0 aliphatic carbocycles. The van der Waals surface area contributed by atoms with E-state index in [9.17, 15) is 4.79 Å². The maximum atomic E-state index is 12.7. The highest BCUT2D eigenvalue weighted by Gasteiger charge is 2.22. The van der Waals surface area contributed by atoms with Crippen molar-refractivity contribution in [3.63, 3.8) is 0 Å². The highest BCUT2D eigenvalue weighted by Crippen LogP contribution is 2.18. The molecule has 1 heterocycles. The molecular formula is C17H22N2O2S. The van der Waals surface area contributed by atoms with Crippen molar-refractivity contribution in [2.24, 2.45) is 0 Å². The van der Waals surface area contributed by atoms with Crippen LogP contribution in [0.25, 0.3) is 0 Å². The van der Waals surface area contributed by atoms with E-state index in [1.807, 2.05) is 61.5 Å². The molecular weight excluding hydrogens is 296 g/mol. The largest absolute Gasteiger partial charge is 0.369 e. The van der Waals surface area contributed by atoms with Crippen LogP contribution in [0.5, 0.6) is 0 Å². The lowest BCUT2D eigenvalue weighted by Gasteiger charge is -2.25. The van der Waals surface area contributed by atoms with E-state index in [-0.39, 0.29) is 5.91 Å². The second-order valence-electron chi connectivity index (χ2n) is 5.14. The second-order valence-corrected chi connectivity index (χ2v) is 6.08. The Balaban J connectivity index is 2.16. The van der Waals surface area contributed by atoms with Gasteiger partial charge in [0.05, 0.1) is 17.7 Å². The van der Waals surface area contributed by atoms with Crippen LogP contribution in [0.4, 0.5) is 0 Å². The van der Waals surface area contributed by atoms with Crippen LogP contribution in [0.15, 0.2) is 35.8 Å².